The number of hydrogen-bond donors (Lipinski definition) is 1. The Morgan fingerprint density at radius 3 is 2.79 bits per heavy atom. The molecule has 0 aliphatic carbocycles. The Hall–Kier alpha value is -1.46. The average molecular weight is 281 g/mol. The standard InChI is InChI=1S/C13H17ClN4O/c1-4-15-9(3)8(2)13-17-12(18-19-13)11-6-5-10(14)7-16-11/h5-9,15H,4H2,1-3H3. The van der Waals surface area contributed by atoms with Gasteiger partial charge in [0, 0.05) is 12.2 Å². The van der Waals surface area contributed by atoms with E-state index in [-0.39, 0.29) is 12.0 Å². The van der Waals surface area contributed by atoms with Crippen molar-refractivity contribution in [2.24, 2.45) is 0 Å². The molecule has 1 N–H and O–H groups in total. The highest BCUT2D eigenvalue weighted by Crippen LogP contribution is 2.21. The molecule has 0 saturated carbocycles. The summed E-state index contributed by atoms with van der Waals surface area (Å²) in [6, 6.07) is 3.80. The van der Waals surface area contributed by atoms with Gasteiger partial charge in [-0.3, -0.25) is 4.98 Å². The fraction of sp³-hybridized carbons (Fsp3) is 0.462. The lowest BCUT2D eigenvalue weighted by Crippen LogP contribution is -2.30. The third-order valence-corrected chi connectivity index (χ3v) is 3.29. The molecule has 102 valence electrons. The number of nitrogens with zero attached hydrogens (tertiary/aromatic N) is 3. The zero-order valence-corrected chi connectivity index (χ0v) is 12.0. The Bertz CT molecular complexity index is 526. The molecule has 0 aromatic carbocycles. The second-order valence-electron chi connectivity index (χ2n) is 4.45. The lowest BCUT2D eigenvalue weighted by atomic mass is 10.0. The summed E-state index contributed by atoms with van der Waals surface area (Å²) >= 11 is 5.80. The number of likely N-dealkylation sites (N-methyl/N-ethyl adjacent to an activating group) is 1. The third-order valence-electron chi connectivity index (χ3n) is 3.06. The molecule has 0 spiro atoms. The molecule has 2 aromatic rings. The number of halogens is 1. The van der Waals surface area contributed by atoms with Gasteiger partial charge < -0.3 is 9.84 Å². The van der Waals surface area contributed by atoms with Gasteiger partial charge in [0.15, 0.2) is 0 Å². The van der Waals surface area contributed by atoms with Crippen LogP contribution in [0, 0.1) is 0 Å². The molecule has 0 amide bonds. The zero-order valence-electron chi connectivity index (χ0n) is 11.2. The van der Waals surface area contributed by atoms with Gasteiger partial charge in [-0.25, -0.2) is 0 Å². The van der Waals surface area contributed by atoms with E-state index >= 15 is 0 Å². The Morgan fingerprint density at radius 1 is 1.37 bits per heavy atom. The lowest BCUT2D eigenvalue weighted by Gasteiger charge is -2.16. The summed E-state index contributed by atoms with van der Waals surface area (Å²) in [5, 5.41) is 7.88. The van der Waals surface area contributed by atoms with Crippen LogP contribution >= 0.6 is 11.6 Å². The molecule has 0 bridgehead atoms. The van der Waals surface area contributed by atoms with Gasteiger partial charge in [-0.1, -0.05) is 30.6 Å². The van der Waals surface area contributed by atoms with E-state index in [1.54, 1.807) is 18.3 Å². The molecular weight excluding hydrogens is 264 g/mol. The number of pyridine rings is 1. The lowest BCUT2D eigenvalue weighted by molar-refractivity contribution is 0.332. The van der Waals surface area contributed by atoms with Gasteiger partial charge in [0.05, 0.1) is 10.9 Å². The first-order valence-electron chi connectivity index (χ1n) is 6.30. The van der Waals surface area contributed by atoms with Crippen molar-refractivity contribution in [3.63, 3.8) is 0 Å². The molecule has 6 heteroatoms. The molecule has 2 rings (SSSR count). The van der Waals surface area contributed by atoms with Crippen LogP contribution < -0.4 is 5.32 Å². The van der Waals surface area contributed by atoms with Crippen LogP contribution in [-0.2, 0) is 0 Å². The first-order valence-corrected chi connectivity index (χ1v) is 6.68. The molecule has 2 aromatic heterocycles. The molecule has 2 heterocycles. The highest BCUT2D eigenvalue weighted by Gasteiger charge is 2.20. The van der Waals surface area contributed by atoms with Crippen molar-refractivity contribution in [1.82, 2.24) is 20.4 Å². The first kappa shape index (κ1) is 14.0. The molecule has 2 unspecified atom stereocenters. The van der Waals surface area contributed by atoms with Crippen molar-refractivity contribution in [3.8, 4) is 11.5 Å². The molecule has 0 saturated heterocycles. The van der Waals surface area contributed by atoms with Crippen molar-refractivity contribution < 1.29 is 4.52 Å². The summed E-state index contributed by atoms with van der Waals surface area (Å²) in [6.07, 6.45) is 1.57. The van der Waals surface area contributed by atoms with E-state index in [0.29, 0.717) is 22.4 Å². The maximum absolute atomic E-state index is 5.80. The van der Waals surface area contributed by atoms with Crippen LogP contribution in [0.15, 0.2) is 22.9 Å². The summed E-state index contributed by atoms with van der Waals surface area (Å²) in [4.78, 5) is 8.56. The van der Waals surface area contributed by atoms with Gasteiger partial charge in [0.25, 0.3) is 0 Å². The zero-order chi connectivity index (χ0) is 13.8. The Balaban J connectivity index is 2.16. The average Bonchev–Trinajstić information content (AvgIpc) is 2.88. The van der Waals surface area contributed by atoms with Crippen LogP contribution in [0.2, 0.25) is 5.02 Å². The Kier molecular flexibility index (Phi) is 4.50. The maximum atomic E-state index is 5.80. The monoisotopic (exact) mass is 280 g/mol. The largest absolute Gasteiger partial charge is 0.339 e. The van der Waals surface area contributed by atoms with E-state index in [9.17, 15) is 0 Å². The summed E-state index contributed by atoms with van der Waals surface area (Å²) < 4.78 is 5.30. The quantitative estimate of drug-likeness (QED) is 0.912. The summed E-state index contributed by atoms with van der Waals surface area (Å²) in [5.74, 6) is 1.25. The van der Waals surface area contributed by atoms with E-state index in [1.165, 1.54) is 0 Å². The molecule has 19 heavy (non-hydrogen) atoms. The van der Waals surface area contributed by atoms with Gasteiger partial charge in [0.1, 0.15) is 5.69 Å². The predicted molar refractivity (Wildman–Crippen MR) is 74.1 cm³/mol. The molecule has 0 radical (unpaired) electrons. The van der Waals surface area contributed by atoms with E-state index < -0.39 is 0 Å². The van der Waals surface area contributed by atoms with Crippen LogP contribution in [-0.4, -0.2) is 27.7 Å². The molecule has 0 aliphatic rings. The summed E-state index contributed by atoms with van der Waals surface area (Å²) in [5.41, 5.74) is 0.655. The van der Waals surface area contributed by atoms with Crippen LogP contribution in [0.4, 0.5) is 0 Å². The summed E-state index contributed by atoms with van der Waals surface area (Å²) in [7, 11) is 0. The Labute approximate surface area is 117 Å². The highest BCUT2D eigenvalue weighted by atomic mass is 35.5. The minimum atomic E-state index is 0.147. The van der Waals surface area contributed by atoms with Crippen molar-refractivity contribution in [3.05, 3.63) is 29.2 Å². The van der Waals surface area contributed by atoms with E-state index in [2.05, 4.69) is 41.2 Å². The second-order valence-corrected chi connectivity index (χ2v) is 4.89. The van der Waals surface area contributed by atoms with Crippen LogP contribution in [0.5, 0.6) is 0 Å². The molecule has 5 nitrogen and oxygen atoms in total. The molecule has 0 aliphatic heterocycles. The van der Waals surface area contributed by atoms with Gasteiger partial charge in [-0.2, -0.15) is 4.98 Å². The number of rotatable bonds is 5. The van der Waals surface area contributed by atoms with Crippen molar-refractivity contribution in [1.29, 1.82) is 0 Å². The minimum absolute atomic E-state index is 0.147. The Morgan fingerprint density at radius 2 is 2.16 bits per heavy atom. The summed E-state index contributed by atoms with van der Waals surface area (Å²) in [6.45, 7) is 7.13. The fourth-order valence-electron chi connectivity index (χ4n) is 1.74. The first-order chi connectivity index (χ1) is 9.11. The minimum Gasteiger partial charge on any atom is -0.339 e. The highest BCUT2D eigenvalue weighted by molar-refractivity contribution is 6.30. The van der Waals surface area contributed by atoms with Crippen LogP contribution in [0.25, 0.3) is 11.5 Å². The van der Waals surface area contributed by atoms with E-state index in [4.69, 9.17) is 16.1 Å². The molecule has 2 atom stereocenters. The van der Waals surface area contributed by atoms with Gasteiger partial charge >= 0.3 is 0 Å². The number of aromatic nitrogens is 3. The van der Waals surface area contributed by atoms with Crippen molar-refractivity contribution in [2.45, 2.75) is 32.7 Å². The van der Waals surface area contributed by atoms with Crippen molar-refractivity contribution in [2.75, 3.05) is 6.54 Å². The van der Waals surface area contributed by atoms with Gasteiger partial charge in [0.2, 0.25) is 11.7 Å². The smallest absolute Gasteiger partial charge is 0.231 e. The topological polar surface area (TPSA) is 63.8 Å². The normalized spacial score (nSPS) is 14.3. The van der Waals surface area contributed by atoms with Crippen molar-refractivity contribution >= 4 is 11.6 Å². The van der Waals surface area contributed by atoms with Gasteiger partial charge in [-0.05, 0) is 25.6 Å². The van der Waals surface area contributed by atoms with E-state index in [1.807, 2.05) is 0 Å². The maximum Gasteiger partial charge on any atom is 0.231 e. The predicted octanol–water partition coefficient (Wildman–Crippen LogP) is 2.89. The molecule has 0 fully saturated rings. The van der Waals surface area contributed by atoms with Crippen LogP contribution in [0.3, 0.4) is 0 Å². The van der Waals surface area contributed by atoms with Crippen LogP contribution in [0.1, 0.15) is 32.6 Å². The van der Waals surface area contributed by atoms with Gasteiger partial charge in [-0.15, -0.1) is 0 Å². The number of hydrogen-bond acceptors (Lipinski definition) is 5. The van der Waals surface area contributed by atoms with E-state index in [0.717, 1.165) is 6.54 Å². The SMILES string of the molecule is CCNC(C)C(C)c1nc(-c2ccc(Cl)cn2)no1. The fourth-order valence-corrected chi connectivity index (χ4v) is 1.86. The number of nitrogens with one attached hydrogen (secondary N) is 1. The molecular formula is C13H17ClN4O. The third kappa shape index (κ3) is 3.30. The second kappa shape index (κ2) is 6.12.